The highest BCUT2D eigenvalue weighted by molar-refractivity contribution is 9.10. The summed E-state index contributed by atoms with van der Waals surface area (Å²) in [5.74, 6) is -0.104. The van der Waals surface area contributed by atoms with E-state index in [1.165, 1.54) is 6.20 Å². The monoisotopic (exact) mass is 343 g/mol. The minimum absolute atomic E-state index is 0.0541. The molecule has 104 valence electrons. The zero-order chi connectivity index (χ0) is 14.8. The fourth-order valence-corrected chi connectivity index (χ4v) is 2.20. The quantitative estimate of drug-likeness (QED) is 0.751. The minimum atomic E-state index is -0.489. The van der Waals surface area contributed by atoms with E-state index in [0.717, 1.165) is 4.47 Å². The van der Waals surface area contributed by atoms with Crippen molar-refractivity contribution in [3.8, 4) is 0 Å². The molecular formula is C15H10BrN3O2. The molecule has 5 nitrogen and oxygen atoms in total. The number of pyridine rings is 2. The van der Waals surface area contributed by atoms with Gasteiger partial charge in [-0.05, 0) is 40.2 Å². The Bertz CT molecular complexity index is 872. The first-order valence-corrected chi connectivity index (χ1v) is 6.98. The Morgan fingerprint density at radius 2 is 2.00 bits per heavy atom. The Hall–Kier alpha value is -2.47. The summed E-state index contributed by atoms with van der Waals surface area (Å²) in [6.07, 6.45) is 2.99. The number of para-hydroxylation sites is 1. The lowest BCUT2D eigenvalue weighted by atomic mass is 10.1. The molecule has 0 aliphatic carbocycles. The summed E-state index contributed by atoms with van der Waals surface area (Å²) in [5.41, 5.74) is 0.443. The van der Waals surface area contributed by atoms with Crippen LogP contribution in [-0.2, 0) is 0 Å². The molecule has 1 aromatic carbocycles. The molecule has 0 saturated heterocycles. The second-order valence-electron chi connectivity index (χ2n) is 4.39. The van der Waals surface area contributed by atoms with E-state index in [1.807, 2.05) is 6.07 Å². The summed E-state index contributed by atoms with van der Waals surface area (Å²) in [4.78, 5) is 31.5. The van der Waals surface area contributed by atoms with Crippen LogP contribution in [0.5, 0.6) is 0 Å². The normalized spacial score (nSPS) is 10.5. The van der Waals surface area contributed by atoms with Gasteiger partial charge in [-0.3, -0.25) is 9.59 Å². The highest BCUT2D eigenvalue weighted by atomic mass is 79.9. The second-order valence-corrected chi connectivity index (χ2v) is 5.31. The van der Waals surface area contributed by atoms with Crippen LogP contribution in [0.25, 0.3) is 10.9 Å². The van der Waals surface area contributed by atoms with Gasteiger partial charge < -0.3 is 10.3 Å². The molecule has 0 radical (unpaired) electrons. The Balaban J connectivity index is 1.96. The number of carbonyl (C=O) groups excluding carboxylic acids is 1. The van der Waals surface area contributed by atoms with Crippen LogP contribution in [0.2, 0.25) is 0 Å². The zero-order valence-corrected chi connectivity index (χ0v) is 12.3. The maximum absolute atomic E-state index is 12.3. The number of aromatic nitrogens is 2. The molecule has 0 aliphatic heterocycles. The van der Waals surface area contributed by atoms with Crippen molar-refractivity contribution >= 4 is 38.6 Å². The van der Waals surface area contributed by atoms with Crippen molar-refractivity contribution in [3.63, 3.8) is 0 Å². The number of hydrogen-bond donors (Lipinski definition) is 2. The SMILES string of the molecule is O=C(Nc1ccc(Br)cn1)c1c[nH]c2ccccc2c1=O. The Morgan fingerprint density at radius 3 is 2.76 bits per heavy atom. The van der Waals surface area contributed by atoms with Gasteiger partial charge in [-0.1, -0.05) is 12.1 Å². The van der Waals surface area contributed by atoms with Gasteiger partial charge in [0, 0.05) is 27.8 Å². The van der Waals surface area contributed by atoms with E-state index >= 15 is 0 Å². The molecular weight excluding hydrogens is 334 g/mol. The van der Waals surface area contributed by atoms with Crippen LogP contribution < -0.4 is 10.7 Å². The molecule has 0 bridgehead atoms. The van der Waals surface area contributed by atoms with Gasteiger partial charge in [0.05, 0.1) is 0 Å². The molecule has 1 amide bonds. The number of amides is 1. The number of carbonyl (C=O) groups is 1. The lowest BCUT2D eigenvalue weighted by Crippen LogP contribution is -2.22. The largest absolute Gasteiger partial charge is 0.360 e. The van der Waals surface area contributed by atoms with E-state index in [2.05, 4.69) is 31.2 Å². The molecule has 0 saturated carbocycles. The van der Waals surface area contributed by atoms with Gasteiger partial charge in [-0.25, -0.2) is 4.98 Å². The van der Waals surface area contributed by atoms with Crippen LogP contribution in [0.4, 0.5) is 5.82 Å². The van der Waals surface area contributed by atoms with Gasteiger partial charge in [0.15, 0.2) is 0 Å². The number of nitrogens with one attached hydrogen (secondary N) is 2. The molecule has 6 heteroatoms. The summed E-state index contributed by atoms with van der Waals surface area (Å²) < 4.78 is 0.809. The van der Waals surface area contributed by atoms with Gasteiger partial charge in [0.2, 0.25) is 5.43 Å². The first kappa shape index (κ1) is 13.5. The fraction of sp³-hybridized carbons (Fsp3) is 0. The first-order chi connectivity index (χ1) is 10.1. The predicted molar refractivity (Wildman–Crippen MR) is 84.5 cm³/mol. The number of anilines is 1. The number of nitrogens with zero attached hydrogens (tertiary/aromatic N) is 1. The van der Waals surface area contributed by atoms with Crippen LogP contribution in [0.1, 0.15) is 10.4 Å². The standard InChI is InChI=1S/C15H10BrN3O2/c16-9-5-6-13(18-7-9)19-15(21)11-8-17-12-4-2-1-3-10(12)14(11)20/h1-8H,(H,17,20)(H,18,19,21). The molecule has 0 unspecified atom stereocenters. The van der Waals surface area contributed by atoms with E-state index in [-0.39, 0.29) is 11.0 Å². The van der Waals surface area contributed by atoms with Crippen molar-refractivity contribution in [3.05, 3.63) is 69.1 Å². The number of fused-ring (bicyclic) bond motifs is 1. The highest BCUT2D eigenvalue weighted by Crippen LogP contribution is 2.12. The van der Waals surface area contributed by atoms with E-state index in [9.17, 15) is 9.59 Å². The third-order valence-corrected chi connectivity index (χ3v) is 3.47. The second kappa shape index (κ2) is 5.49. The molecule has 2 heterocycles. The van der Waals surface area contributed by atoms with E-state index < -0.39 is 5.91 Å². The summed E-state index contributed by atoms with van der Waals surface area (Å²) in [5, 5.41) is 3.08. The number of H-pyrrole nitrogens is 1. The zero-order valence-electron chi connectivity index (χ0n) is 10.8. The number of benzene rings is 1. The number of aromatic amines is 1. The average molecular weight is 344 g/mol. The van der Waals surface area contributed by atoms with Gasteiger partial charge in [0.1, 0.15) is 11.4 Å². The summed E-state index contributed by atoms with van der Waals surface area (Å²) >= 11 is 3.27. The maximum Gasteiger partial charge on any atom is 0.262 e. The summed E-state index contributed by atoms with van der Waals surface area (Å²) in [7, 11) is 0. The van der Waals surface area contributed by atoms with Crippen LogP contribution in [-0.4, -0.2) is 15.9 Å². The fourth-order valence-electron chi connectivity index (χ4n) is 1.97. The number of rotatable bonds is 2. The van der Waals surface area contributed by atoms with Gasteiger partial charge in [-0.2, -0.15) is 0 Å². The third-order valence-electron chi connectivity index (χ3n) is 3.00. The number of hydrogen-bond acceptors (Lipinski definition) is 3. The molecule has 2 N–H and O–H groups in total. The summed E-state index contributed by atoms with van der Waals surface area (Å²) in [6, 6.07) is 10.5. The lowest BCUT2D eigenvalue weighted by Gasteiger charge is -2.05. The summed E-state index contributed by atoms with van der Waals surface area (Å²) in [6.45, 7) is 0. The van der Waals surface area contributed by atoms with Crippen molar-refractivity contribution in [2.24, 2.45) is 0 Å². The van der Waals surface area contributed by atoms with E-state index in [4.69, 9.17) is 0 Å². The third kappa shape index (κ3) is 2.71. The van der Waals surface area contributed by atoms with Crippen molar-refractivity contribution in [2.75, 3.05) is 5.32 Å². The molecule has 0 atom stereocenters. The van der Waals surface area contributed by atoms with Crippen LogP contribution in [0.15, 0.2) is 58.1 Å². The van der Waals surface area contributed by atoms with Crippen LogP contribution in [0.3, 0.4) is 0 Å². The van der Waals surface area contributed by atoms with Crippen molar-refractivity contribution < 1.29 is 4.79 Å². The molecule has 21 heavy (non-hydrogen) atoms. The van der Waals surface area contributed by atoms with Gasteiger partial charge >= 0.3 is 0 Å². The van der Waals surface area contributed by atoms with Gasteiger partial charge in [0.25, 0.3) is 5.91 Å². The van der Waals surface area contributed by atoms with Gasteiger partial charge in [-0.15, -0.1) is 0 Å². The molecule has 2 aromatic heterocycles. The Labute approximate surface area is 128 Å². The topological polar surface area (TPSA) is 74.8 Å². The van der Waals surface area contributed by atoms with Crippen molar-refractivity contribution in [1.29, 1.82) is 0 Å². The molecule has 3 rings (SSSR count). The molecule has 0 fully saturated rings. The molecule has 3 aromatic rings. The first-order valence-electron chi connectivity index (χ1n) is 6.18. The van der Waals surface area contributed by atoms with Crippen molar-refractivity contribution in [2.45, 2.75) is 0 Å². The Kier molecular flexibility index (Phi) is 3.53. The maximum atomic E-state index is 12.3. The highest BCUT2D eigenvalue weighted by Gasteiger charge is 2.13. The van der Waals surface area contributed by atoms with Crippen LogP contribution >= 0.6 is 15.9 Å². The lowest BCUT2D eigenvalue weighted by molar-refractivity contribution is 0.102. The van der Waals surface area contributed by atoms with Crippen LogP contribution in [0, 0.1) is 0 Å². The predicted octanol–water partition coefficient (Wildman–Crippen LogP) is 2.94. The molecule has 0 spiro atoms. The number of halogens is 1. The van der Waals surface area contributed by atoms with E-state index in [1.54, 1.807) is 36.5 Å². The van der Waals surface area contributed by atoms with Crippen molar-refractivity contribution in [1.82, 2.24) is 9.97 Å². The smallest absolute Gasteiger partial charge is 0.262 e. The average Bonchev–Trinajstić information content (AvgIpc) is 2.50. The minimum Gasteiger partial charge on any atom is -0.360 e. The Morgan fingerprint density at radius 1 is 1.19 bits per heavy atom. The van der Waals surface area contributed by atoms with E-state index in [0.29, 0.717) is 16.7 Å². The molecule has 0 aliphatic rings.